The molecule has 2 aromatic heterocycles. The van der Waals surface area contributed by atoms with Gasteiger partial charge in [-0.2, -0.15) is 0 Å². The predicted octanol–water partition coefficient (Wildman–Crippen LogP) is 4.57. The fourth-order valence-electron chi connectivity index (χ4n) is 4.17. The molecule has 0 spiro atoms. The molecular weight excluding hydrogens is 440 g/mol. The molecule has 35 heavy (non-hydrogen) atoms. The molecule has 0 bridgehead atoms. The van der Waals surface area contributed by atoms with Gasteiger partial charge in [0.2, 0.25) is 5.91 Å². The first-order valence-electron chi connectivity index (χ1n) is 11.5. The van der Waals surface area contributed by atoms with Crippen LogP contribution in [0.15, 0.2) is 60.4 Å². The molecule has 8 heteroatoms. The van der Waals surface area contributed by atoms with Crippen molar-refractivity contribution >= 4 is 29.0 Å². The van der Waals surface area contributed by atoms with E-state index in [1.807, 2.05) is 51.1 Å². The molecule has 180 valence electrons. The van der Waals surface area contributed by atoms with Crippen molar-refractivity contribution in [1.82, 2.24) is 15.0 Å². The van der Waals surface area contributed by atoms with Crippen molar-refractivity contribution in [1.29, 1.82) is 0 Å². The molecule has 1 amide bonds. The highest BCUT2D eigenvalue weighted by atomic mass is 16.5. The molecule has 0 aliphatic carbocycles. The Balaban J connectivity index is 1.57. The van der Waals surface area contributed by atoms with E-state index in [0.717, 1.165) is 28.1 Å². The molecule has 1 fully saturated rings. The summed E-state index contributed by atoms with van der Waals surface area (Å²) >= 11 is 0. The first kappa shape index (κ1) is 24.2. The fraction of sp³-hybridized carbons (Fsp3) is 0.296. The number of carbonyl (C=O) groups excluding carboxylic acids is 1. The average molecular weight is 471 g/mol. The van der Waals surface area contributed by atoms with Crippen molar-refractivity contribution in [3.63, 3.8) is 0 Å². The van der Waals surface area contributed by atoms with Gasteiger partial charge < -0.3 is 15.8 Å². The van der Waals surface area contributed by atoms with Crippen LogP contribution in [0.2, 0.25) is 0 Å². The second-order valence-corrected chi connectivity index (χ2v) is 8.89. The number of hydrogen-bond donors (Lipinski definition) is 2. The van der Waals surface area contributed by atoms with Gasteiger partial charge in [-0.25, -0.2) is 15.0 Å². The number of ether oxygens (including phenoxy) is 1. The van der Waals surface area contributed by atoms with Crippen LogP contribution in [0.25, 0.3) is 17.0 Å². The van der Waals surface area contributed by atoms with Crippen LogP contribution in [0, 0.1) is 6.92 Å². The number of aryl methyl sites for hydroxylation is 1. The lowest BCUT2D eigenvalue weighted by atomic mass is 9.73. The Labute approximate surface area is 205 Å². The smallest absolute Gasteiger partial charge is 0.236 e. The first-order valence-corrected chi connectivity index (χ1v) is 11.5. The third-order valence-corrected chi connectivity index (χ3v) is 6.20. The summed E-state index contributed by atoms with van der Waals surface area (Å²) in [4.78, 5) is 31.1. The van der Waals surface area contributed by atoms with E-state index in [9.17, 15) is 4.79 Å². The fourth-order valence-corrected chi connectivity index (χ4v) is 4.17. The molecule has 0 unspecified atom stereocenters. The van der Waals surface area contributed by atoms with E-state index in [4.69, 9.17) is 10.5 Å². The summed E-state index contributed by atoms with van der Waals surface area (Å²) in [6, 6.07) is 11.5. The topological polar surface area (TPSA) is 115 Å². The van der Waals surface area contributed by atoms with Crippen LogP contribution in [-0.4, -0.2) is 39.8 Å². The quantitative estimate of drug-likeness (QED) is 0.510. The number of benzene rings is 1. The SMILES string of the molecule is C=C(N=C(C)C)c1ccc(NC(=O)C2(c3ccc(-c4cnc(N)c(C)n4)cc3)CCOCC2)nc1. The average Bonchev–Trinajstić information content (AvgIpc) is 2.86. The summed E-state index contributed by atoms with van der Waals surface area (Å²) in [5.74, 6) is 0.805. The zero-order valence-corrected chi connectivity index (χ0v) is 20.3. The summed E-state index contributed by atoms with van der Waals surface area (Å²) in [6.45, 7) is 10.7. The maximum Gasteiger partial charge on any atom is 0.236 e. The standard InChI is InChI=1S/C27H30N6O2/c1-17(2)31-18(3)21-7-10-24(29-15-21)33-26(34)27(11-13-35-14-12-27)22-8-5-20(6-9-22)23-16-30-25(28)19(4)32-23/h5-10,15-16H,3,11-14H2,1-2,4H3,(H2,28,30)(H,29,33,34). The summed E-state index contributed by atoms with van der Waals surface area (Å²) in [6.07, 6.45) is 4.49. The summed E-state index contributed by atoms with van der Waals surface area (Å²) in [7, 11) is 0. The molecule has 0 saturated carbocycles. The Morgan fingerprint density at radius 3 is 2.40 bits per heavy atom. The number of hydrogen-bond acceptors (Lipinski definition) is 7. The van der Waals surface area contributed by atoms with Crippen molar-refractivity contribution < 1.29 is 9.53 Å². The minimum absolute atomic E-state index is 0.0989. The Kier molecular flexibility index (Phi) is 7.02. The minimum Gasteiger partial charge on any atom is -0.382 e. The Bertz CT molecular complexity index is 1260. The molecular formula is C27H30N6O2. The van der Waals surface area contributed by atoms with E-state index >= 15 is 0 Å². The molecule has 1 aliphatic rings. The Morgan fingerprint density at radius 2 is 1.80 bits per heavy atom. The third kappa shape index (κ3) is 5.27. The second-order valence-electron chi connectivity index (χ2n) is 8.89. The number of anilines is 2. The zero-order chi connectivity index (χ0) is 25.0. The van der Waals surface area contributed by atoms with Crippen LogP contribution in [-0.2, 0) is 14.9 Å². The number of nitrogens with one attached hydrogen (secondary N) is 1. The lowest BCUT2D eigenvalue weighted by Crippen LogP contribution is -2.45. The molecule has 3 heterocycles. The van der Waals surface area contributed by atoms with Crippen LogP contribution >= 0.6 is 0 Å². The van der Waals surface area contributed by atoms with Crippen molar-refractivity contribution in [2.24, 2.45) is 4.99 Å². The third-order valence-electron chi connectivity index (χ3n) is 6.20. The maximum absolute atomic E-state index is 13.6. The Hall–Kier alpha value is -3.91. The highest BCUT2D eigenvalue weighted by Gasteiger charge is 2.42. The van der Waals surface area contributed by atoms with Gasteiger partial charge in [-0.05, 0) is 51.3 Å². The number of amides is 1. The molecule has 0 atom stereocenters. The number of aliphatic imine (C=N–C) groups is 1. The minimum atomic E-state index is -0.715. The van der Waals surface area contributed by atoms with E-state index in [1.165, 1.54) is 0 Å². The summed E-state index contributed by atoms with van der Waals surface area (Å²) in [5.41, 5.74) is 10.7. The maximum atomic E-state index is 13.6. The van der Waals surface area contributed by atoms with Crippen LogP contribution in [0.3, 0.4) is 0 Å². The summed E-state index contributed by atoms with van der Waals surface area (Å²) in [5, 5.41) is 3.01. The molecule has 4 rings (SSSR count). The normalized spacial score (nSPS) is 14.7. The number of carbonyl (C=O) groups is 1. The monoisotopic (exact) mass is 470 g/mol. The highest BCUT2D eigenvalue weighted by molar-refractivity contribution is 5.99. The Morgan fingerprint density at radius 1 is 1.09 bits per heavy atom. The number of rotatable bonds is 6. The van der Waals surface area contributed by atoms with Crippen LogP contribution in [0.4, 0.5) is 11.6 Å². The van der Waals surface area contributed by atoms with Crippen LogP contribution < -0.4 is 11.1 Å². The number of nitrogens with two attached hydrogens (primary N) is 1. The number of nitrogens with zero attached hydrogens (tertiary/aromatic N) is 4. The van der Waals surface area contributed by atoms with Gasteiger partial charge in [-0.1, -0.05) is 30.8 Å². The largest absolute Gasteiger partial charge is 0.382 e. The molecule has 1 aliphatic heterocycles. The van der Waals surface area contributed by atoms with E-state index in [0.29, 0.717) is 49.1 Å². The zero-order valence-electron chi connectivity index (χ0n) is 20.3. The lowest BCUT2D eigenvalue weighted by Gasteiger charge is -2.36. The van der Waals surface area contributed by atoms with Gasteiger partial charge in [0.05, 0.1) is 28.7 Å². The number of pyridine rings is 1. The second kappa shape index (κ2) is 10.1. The van der Waals surface area contributed by atoms with E-state index in [1.54, 1.807) is 18.5 Å². The van der Waals surface area contributed by atoms with Crippen molar-refractivity contribution in [3.8, 4) is 11.3 Å². The van der Waals surface area contributed by atoms with Crippen molar-refractivity contribution in [3.05, 3.63) is 72.2 Å². The molecule has 1 aromatic carbocycles. The van der Waals surface area contributed by atoms with Gasteiger partial charge in [0, 0.05) is 36.2 Å². The number of aromatic nitrogens is 3. The molecule has 3 N–H and O–H groups in total. The van der Waals surface area contributed by atoms with Crippen LogP contribution in [0.5, 0.6) is 0 Å². The van der Waals surface area contributed by atoms with Crippen molar-refractivity contribution in [2.45, 2.75) is 39.0 Å². The molecule has 8 nitrogen and oxygen atoms in total. The van der Waals surface area contributed by atoms with Gasteiger partial charge in [0.1, 0.15) is 11.6 Å². The van der Waals surface area contributed by atoms with Crippen LogP contribution in [0.1, 0.15) is 43.5 Å². The highest BCUT2D eigenvalue weighted by Crippen LogP contribution is 2.37. The van der Waals surface area contributed by atoms with E-state index in [-0.39, 0.29) is 5.91 Å². The summed E-state index contributed by atoms with van der Waals surface area (Å²) < 4.78 is 5.59. The molecule has 1 saturated heterocycles. The predicted molar refractivity (Wildman–Crippen MR) is 139 cm³/mol. The van der Waals surface area contributed by atoms with Gasteiger partial charge in [0.15, 0.2) is 0 Å². The van der Waals surface area contributed by atoms with E-state index in [2.05, 4.69) is 31.8 Å². The van der Waals surface area contributed by atoms with Gasteiger partial charge in [-0.15, -0.1) is 0 Å². The van der Waals surface area contributed by atoms with Crippen molar-refractivity contribution in [2.75, 3.05) is 24.3 Å². The molecule has 3 aromatic rings. The van der Waals surface area contributed by atoms with Gasteiger partial charge >= 0.3 is 0 Å². The molecule has 0 radical (unpaired) electrons. The lowest BCUT2D eigenvalue weighted by molar-refractivity contribution is -0.125. The van der Waals surface area contributed by atoms with Gasteiger partial charge in [-0.3, -0.25) is 9.79 Å². The van der Waals surface area contributed by atoms with Gasteiger partial charge in [0.25, 0.3) is 0 Å². The number of nitrogen functional groups attached to an aromatic ring is 1. The first-order chi connectivity index (χ1) is 16.8. The van der Waals surface area contributed by atoms with E-state index < -0.39 is 5.41 Å².